The Labute approximate surface area is 121 Å². The summed E-state index contributed by atoms with van der Waals surface area (Å²) >= 11 is 0. The monoisotopic (exact) mass is 260 g/mol. The molecule has 0 N–H and O–H groups in total. The first-order valence-electron chi connectivity index (χ1n) is 7.35. The van der Waals surface area contributed by atoms with E-state index in [0.717, 1.165) is 17.0 Å². The Bertz CT molecular complexity index is 591. The van der Waals surface area contributed by atoms with Crippen LogP contribution in [-0.4, -0.2) is 0 Å². The SMILES string of the molecule is C=Cc1ccc(C#CC2CC(C=C)C3CC=CC23)cc1. The van der Waals surface area contributed by atoms with Crippen LogP contribution >= 0.6 is 0 Å². The largest absolute Gasteiger partial charge is 0.103 e. The van der Waals surface area contributed by atoms with E-state index in [4.69, 9.17) is 0 Å². The van der Waals surface area contributed by atoms with Crippen molar-refractivity contribution in [3.8, 4) is 11.8 Å². The van der Waals surface area contributed by atoms with Crippen LogP contribution in [0.15, 0.2) is 55.7 Å². The molecule has 0 bridgehead atoms. The smallest absolute Gasteiger partial charge is 0.0278 e. The van der Waals surface area contributed by atoms with E-state index in [1.54, 1.807) is 0 Å². The fraction of sp³-hybridized carbons (Fsp3) is 0.300. The first-order valence-corrected chi connectivity index (χ1v) is 7.35. The van der Waals surface area contributed by atoms with Gasteiger partial charge in [0.2, 0.25) is 0 Å². The van der Waals surface area contributed by atoms with Crippen molar-refractivity contribution < 1.29 is 0 Å². The Morgan fingerprint density at radius 1 is 1.15 bits per heavy atom. The van der Waals surface area contributed by atoms with E-state index in [1.807, 2.05) is 6.08 Å². The van der Waals surface area contributed by atoms with E-state index in [2.05, 4.69) is 67.5 Å². The van der Waals surface area contributed by atoms with Crippen LogP contribution in [0.25, 0.3) is 6.08 Å². The molecule has 3 rings (SSSR count). The van der Waals surface area contributed by atoms with Gasteiger partial charge in [0.15, 0.2) is 0 Å². The highest BCUT2D eigenvalue weighted by Gasteiger charge is 2.41. The lowest BCUT2D eigenvalue weighted by molar-refractivity contribution is 0.417. The van der Waals surface area contributed by atoms with Crippen LogP contribution in [0, 0.1) is 35.5 Å². The minimum absolute atomic E-state index is 0.487. The molecule has 20 heavy (non-hydrogen) atoms. The minimum Gasteiger partial charge on any atom is -0.103 e. The molecule has 1 saturated carbocycles. The molecule has 2 aliphatic carbocycles. The van der Waals surface area contributed by atoms with E-state index >= 15 is 0 Å². The van der Waals surface area contributed by atoms with Crippen molar-refractivity contribution in [2.24, 2.45) is 23.7 Å². The molecule has 100 valence electrons. The zero-order valence-corrected chi connectivity index (χ0v) is 11.8. The second-order valence-corrected chi connectivity index (χ2v) is 5.74. The molecule has 0 heterocycles. The maximum atomic E-state index is 3.99. The molecule has 4 unspecified atom stereocenters. The molecule has 1 fully saturated rings. The van der Waals surface area contributed by atoms with Crippen LogP contribution in [0.4, 0.5) is 0 Å². The van der Waals surface area contributed by atoms with Gasteiger partial charge in [-0.3, -0.25) is 0 Å². The summed E-state index contributed by atoms with van der Waals surface area (Å²) in [5.74, 6) is 9.34. The van der Waals surface area contributed by atoms with Crippen LogP contribution < -0.4 is 0 Å². The van der Waals surface area contributed by atoms with E-state index in [-0.39, 0.29) is 0 Å². The second-order valence-electron chi connectivity index (χ2n) is 5.74. The van der Waals surface area contributed by atoms with Crippen LogP contribution in [-0.2, 0) is 0 Å². The van der Waals surface area contributed by atoms with Gasteiger partial charge >= 0.3 is 0 Å². The topological polar surface area (TPSA) is 0 Å². The van der Waals surface area contributed by atoms with Gasteiger partial charge in [-0.05, 0) is 48.3 Å². The number of allylic oxidation sites excluding steroid dienone is 3. The Hall–Kier alpha value is -2.00. The fourth-order valence-corrected chi connectivity index (χ4v) is 3.52. The molecule has 0 saturated heterocycles. The average Bonchev–Trinajstić information content (AvgIpc) is 3.08. The van der Waals surface area contributed by atoms with Gasteiger partial charge in [0.25, 0.3) is 0 Å². The highest BCUT2D eigenvalue weighted by Crippen LogP contribution is 2.47. The summed E-state index contributed by atoms with van der Waals surface area (Å²) < 4.78 is 0. The first kappa shape index (κ1) is 13.0. The summed E-state index contributed by atoms with van der Waals surface area (Å²) in [7, 11) is 0. The molecule has 2 aliphatic rings. The summed E-state index contributed by atoms with van der Waals surface area (Å²) in [5.41, 5.74) is 2.23. The zero-order valence-electron chi connectivity index (χ0n) is 11.8. The van der Waals surface area contributed by atoms with Gasteiger partial charge in [-0.25, -0.2) is 0 Å². The van der Waals surface area contributed by atoms with Gasteiger partial charge in [-0.2, -0.15) is 0 Å². The molecule has 1 aromatic carbocycles. The van der Waals surface area contributed by atoms with Gasteiger partial charge < -0.3 is 0 Å². The first-order chi connectivity index (χ1) is 9.81. The average molecular weight is 260 g/mol. The number of hydrogen-bond acceptors (Lipinski definition) is 0. The molecule has 1 aromatic rings. The molecule has 0 spiro atoms. The Kier molecular flexibility index (Phi) is 3.61. The van der Waals surface area contributed by atoms with E-state index in [9.17, 15) is 0 Å². The molecule has 0 radical (unpaired) electrons. The van der Waals surface area contributed by atoms with Gasteiger partial charge in [0, 0.05) is 11.5 Å². The summed E-state index contributed by atoms with van der Waals surface area (Å²) in [6.45, 7) is 7.76. The van der Waals surface area contributed by atoms with Crippen LogP contribution in [0.5, 0.6) is 0 Å². The molecule has 0 aromatic heterocycles. The van der Waals surface area contributed by atoms with Crippen molar-refractivity contribution in [2.45, 2.75) is 12.8 Å². The van der Waals surface area contributed by atoms with Crippen molar-refractivity contribution in [1.82, 2.24) is 0 Å². The second kappa shape index (κ2) is 5.55. The Morgan fingerprint density at radius 2 is 1.95 bits per heavy atom. The predicted octanol–water partition coefficient (Wildman–Crippen LogP) is 4.70. The van der Waals surface area contributed by atoms with Gasteiger partial charge in [0.1, 0.15) is 0 Å². The zero-order chi connectivity index (χ0) is 13.9. The lowest BCUT2D eigenvalue weighted by Gasteiger charge is -2.14. The fourth-order valence-electron chi connectivity index (χ4n) is 3.52. The molecule has 0 heteroatoms. The maximum absolute atomic E-state index is 3.99. The maximum Gasteiger partial charge on any atom is 0.0278 e. The summed E-state index contributed by atoms with van der Waals surface area (Å²) in [4.78, 5) is 0. The van der Waals surface area contributed by atoms with E-state index < -0.39 is 0 Å². The third kappa shape index (κ3) is 2.37. The van der Waals surface area contributed by atoms with Crippen molar-refractivity contribution in [3.05, 3.63) is 66.8 Å². The van der Waals surface area contributed by atoms with Crippen molar-refractivity contribution in [2.75, 3.05) is 0 Å². The van der Waals surface area contributed by atoms with Gasteiger partial charge in [-0.1, -0.05) is 54.9 Å². The third-order valence-electron chi connectivity index (χ3n) is 4.65. The van der Waals surface area contributed by atoms with Crippen LogP contribution in [0.3, 0.4) is 0 Å². The number of fused-ring (bicyclic) bond motifs is 1. The van der Waals surface area contributed by atoms with Crippen LogP contribution in [0.2, 0.25) is 0 Å². The summed E-state index contributed by atoms with van der Waals surface area (Å²) in [6, 6.07) is 8.28. The normalized spacial score (nSPS) is 30.4. The van der Waals surface area contributed by atoms with E-state index in [0.29, 0.717) is 17.8 Å². The number of hydrogen-bond donors (Lipinski definition) is 0. The summed E-state index contributed by atoms with van der Waals surface area (Å²) in [5, 5.41) is 0. The predicted molar refractivity (Wildman–Crippen MR) is 85.9 cm³/mol. The highest BCUT2D eigenvalue weighted by molar-refractivity contribution is 5.49. The lowest BCUT2D eigenvalue weighted by Crippen LogP contribution is -2.09. The minimum atomic E-state index is 0.487. The third-order valence-corrected chi connectivity index (χ3v) is 4.65. The molecule has 0 amide bonds. The molecule has 0 nitrogen and oxygen atoms in total. The Balaban J connectivity index is 1.77. The quantitative estimate of drug-likeness (QED) is 0.534. The van der Waals surface area contributed by atoms with E-state index in [1.165, 1.54) is 12.8 Å². The van der Waals surface area contributed by atoms with Gasteiger partial charge in [-0.15, -0.1) is 6.58 Å². The van der Waals surface area contributed by atoms with Crippen molar-refractivity contribution >= 4 is 6.08 Å². The molecular formula is C20H20. The van der Waals surface area contributed by atoms with Gasteiger partial charge in [0.05, 0.1) is 0 Å². The molecular weight excluding hydrogens is 240 g/mol. The Morgan fingerprint density at radius 3 is 2.65 bits per heavy atom. The van der Waals surface area contributed by atoms with Crippen LogP contribution in [0.1, 0.15) is 24.0 Å². The summed E-state index contributed by atoms with van der Waals surface area (Å²) in [6.07, 6.45) is 11.0. The van der Waals surface area contributed by atoms with Crippen molar-refractivity contribution in [3.63, 3.8) is 0 Å². The standard InChI is InChI=1S/C20H20/c1-3-15-8-10-16(11-9-15)12-13-18-14-17(4-2)19-6-5-7-20(18)19/h3-5,7-11,17-20H,1-2,6,14H2. The highest BCUT2D eigenvalue weighted by atomic mass is 14.4. The van der Waals surface area contributed by atoms with Crippen molar-refractivity contribution in [1.29, 1.82) is 0 Å². The molecule has 0 aliphatic heterocycles. The lowest BCUT2D eigenvalue weighted by atomic mass is 9.90. The molecule has 4 atom stereocenters. The number of benzene rings is 1. The number of rotatable bonds is 2.